The van der Waals surface area contributed by atoms with Crippen molar-refractivity contribution in [1.29, 1.82) is 0 Å². The summed E-state index contributed by atoms with van der Waals surface area (Å²) in [6.07, 6.45) is -0.975. The predicted molar refractivity (Wildman–Crippen MR) is 116 cm³/mol. The molecule has 4 nitrogen and oxygen atoms in total. The molecule has 1 fully saturated rings. The number of para-hydroxylation sites is 1. The van der Waals surface area contributed by atoms with E-state index in [4.69, 9.17) is 0 Å². The number of piperidine rings is 1. The number of fused-ring (bicyclic) bond motifs is 1. The summed E-state index contributed by atoms with van der Waals surface area (Å²) in [5, 5.41) is 10.6. The molecule has 0 aromatic heterocycles. The number of hydrogen-bond donors (Lipinski definition) is 1. The molecule has 2 aromatic rings. The second-order valence-corrected chi connectivity index (χ2v) is 9.00. The summed E-state index contributed by atoms with van der Waals surface area (Å²) in [7, 11) is 0. The van der Waals surface area contributed by atoms with E-state index in [9.17, 15) is 18.7 Å². The number of likely N-dealkylation sites (tertiary alicyclic amines) is 1. The summed E-state index contributed by atoms with van der Waals surface area (Å²) >= 11 is 1.80. The van der Waals surface area contributed by atoms with Crippen LogP contribution in [0.15, 0.2) is 53.4 Å². The van der Waals surface area contributed by atoms with Gasteiger partial charge in [0.05, 0.1) is 17.2 Å². The third-order valence-electron chi connectivity index (χ3n) is 5.98. The van der Waals surface area contributed by atoms with Gasteiger partial charge in [0.2, 0.25) is 6.43 Å². The minimum Gasteiger partial charge on any atom is -0.390 e. The molecule has 160 valence electrons. The number of halogens is 2. The number of thioether (sulfide) groups is 1. The van der Waals surface area contributed by atoms with Gasteiger partial charge in [0.25, 0.3) is 5.91 Å². The zero-order valence-corrected chi connectivity index (χ0v) is 17.6. The number of nitrogens with zero attached hydrogens (tertiary/aromatic N) is 2. The van der Waals surface area contributed by atoms with Crippen LogP contribution >= 0.6 is 11.8 Å². The first-order valence-corrected chi connectivity index (χ1v) is 11.3. The van der Waals surface area contributed by atoms with Crippen LogP contribution in [0.1, 0.15) is 42.5 Å². The van der Waals surface area contributed by atoms with Gasteiger partial charge in [-0.2, -0.15) is 0 Å². The summed E-state index contributed by atoms with van der Waals surface area (Å²) in [6, 6.07) is 15.9. The van der Waals surface area contributed by atoms with Crippen LogP contribution in [-0.2, 0) is 0 Å². The highest BCUT2D eigenvalue weighted by atomic mass is 32.2. The molecule has 4 rings (SSSR count). The first-order chi connectivity index (χ1) is 14.5. The number of benzene rings is 2. The highest BCUT2D eigenvalue weighted by Crippen LogP contribution is 2.42. The van der Waals surface area contributed by atoms with E-state index >= 15 is 0 Å². The van der Waals surface area contributed by atoms with Gasteiger partial charge >= 0.3 is 0 Å². The van der Waals surface area contributed by atoms with Crippen molar-refractivity contribution in [2.45, 2.75) is 49.0 Å². The molecule has 1 amide bonds. The van der Waals surface area contributed by atoms with Crippen molar-refractivity contribution in [1.82, 2.24) is 4.90 Å². The summed E-state index contributed by atoms with van der Waals surface area (Å²) in [4.78, 5) is 18.1. The average Bonchev–Trinajstić information content (AvgIpc) is 3.18. The van der Waals surface area contributed by atoms with E-state index in [1.54, 1.807) is 16.7 Å². The minimum atomic E-state index is -2.33. The Bertz CT molecular complexity index is 883. The molecule has 30 heavy (non-hydrogen) atoms. The maximum absolute atomic E-state index is 12.9. The second-order valence-electron chi connectivity index (χ2n) is 8.02. The second kappa shape index (κ2) is 8.94. The Labute approximate surface area is 179 Å². The summed E-state index contributed by atoms with van der Waals surface area (Å²) in [5.74, 6) is 0.801. The maximum atomic E-state index is 12.9. The van der Waals surface area contributed by atoms with E-state index in [1.165, 1.54) is 10.6 Å². The Morgan fingerprint density at radius 1 is 1.10 bits per heavy atom. The van der Waals surface area contributed by atoms with Gasteiger partial charge in [-0.15, -0.1) is 11.8 Å². The van der Waals surface area contributed by atoms with Crippen molar-refractivity contribution in [2.75, 3.05) is 23.9 Å². The summed E-state index contributed by atoms with van der Waals surface area (Å²) < 4.78 is 24.7. The van der Waals surface area contributed by atoms with Gasteiger partial charge in [0.15, 0.2) is 0 Å². The van der Waals surface area contributed by atoms with Crippen molar-refractivity contribution >= 4 is 29.0 Å². The van der Waals surface area contributed by atoms with Crippen LogP contribution < -0.4 is 4.90 Å². The zero-order chi connectivity index (χ0) is 21.1. The third-order valence-corrected chi connectivity index (χ3v) is 7.02. The molecular formula is C23H26F2N2O2S. The lowest BCUT2D eigenvalue weighted by Gasteiger charge is -2.38. The van der Waals surface area contributed by atoms with E-state index in [2.05, 4.69) is 17.0 Å². The molecule has 0 aliphatic carbocycles. The molecule has 2 aliphatic heterocycles. The number of carbonyl (C=O) groups excluding carboxylic acids is 1. The van der Waals surface area contributed by atoms with Crippen molar-refractivity contribution < 1.29 is 18.7 Å². The molecule has 7 heteroatoms. The molecule has 2 aromatic carbocycles. The SMILES string of the molecule is O=C(c1ccc(N2CSc3ccccc32)cc1)N1CCC(O)(CCCC(F)F)CC1. The lowest BCUT2D eigenvalue weighted by Crippen LogP contribution is -2.46. The molecule has 0 spiro atoms. The van der Waals surface area contributed by atoms with E-state index in [0.717, 1.165) is 11.6 Å². The quantitative estimate of drug-likeness (QED) is 0.674. The molecule has 0 unspecified atom stereocenters. The molecule has 0 atom stereocenters. The monoisotopic (exact) mass is 432 g/mol. The van der Waals surface area contributed by atoms with Gasteiger partial charge < -0.3 is 14.9 Å². The molecule has 0 bridgehead atoms. The van der Waals surface area contributed by atoms with Crippen molar-refractivity contribution in [3.8, 4) is 0 Å². The Balaban J connectivity index is 1.35. The van der Waals surface area contributed by atoms with Crippen LogP contribution in [0, 0.1) is 0 Å². The van der Waals surface area contributed by atoms with E-state index in [1.807, 2.05) is 36.4 Å². The number of rotatable bonds is 6. The maximum Gasteiger partial charge on any atom is 0.253 e. The third kappa shape index (κ3) is 4.62. The fourth-order valence-corrected chi connectivity index (χ4v) is 5.20. The van der Waals surface area contributed by atoms with Crippen molar-refractivity contribution in [3.63, 3.8) is 0 Å². The molecular weight excluding hydrogens is 406 g/mol. The Hall–Kier alpha value is -2.12. The number of amides is 1. The highest BCUT2D eigenvalue weighted by Gasteiger charge is 2.34. The Morgan fingerprint density at radius 2 is 1.80 bits per heavy atom. The smallest absolute Gasteiger partial charge is 0.253 e. The Morgan fingerprint density at radius 3 is 2.50 bits per heavy atom. The number of alkyl halides is 2. The predicted octanol–water partition coefficient (Wildman–Crippen LogP) is 5.29. The fraction of sp³-hybridized carbons (Fsp3) is 0.435. The van der Waals surface area contributed by atoms with Gasteiger partial charge in [0.1, 0.15) is 0 Å². The van der Waals surface area contributed by atoms with Crippen molar-refractivity contribution in [2.24, 2.45) is 0 Å². The molecule has 1 N–H and O–H groups in total. The lowest BCUT2D eigenvalue weighted by atomic mass is 9.86. The number of carbonyl (C=O) groups is 1. The first-order valence-electron chi connectivity index (χ1n) is 10.3. The van der Waals surface area contributed by atoms with Crippen LogP contribution in [0.3, 0.4) is 0 Å². The molecule has 1 saturated heterocycles. The van der Waals surface area contributed by atoms with E-state index < -0.39 is 12.0 Å². The van der Waals surface area contributed by atoms with Crippen LogP contribution in [0.2, 0.25) is 0 Å². The van der Waals surface area contributed by atoms with E-state index in [-0.39, 0.29) is 12.3 Å². The molecule has 2 heterocycles. The van der Waals surface area contributed by atoms with Gasteiger partial charge in [-0.1, -0.05) is 12.1 Å². The van der Waals surface area contributed by atoms with Crippen molar-refractivity contribution in [3.05, 3.63) is 54.1 Å². The van der Waals surface area contributed by atoms with Crippen LogP contribution in [0.4, 0.5) is 20.2 Å². The fourth-order valence-electron chi connectivity index (χ4n) is 4.15. The van der Waals surface area contributed by atoms with Gasteiger partial charge in [0, 0.05) is 35.7 Å². The minimum absolute atomic E-state index is 0.0487. The van der Waals surface area contributed by atoms with Crippen LogP contribution in [0.25, 0.3) is 0 Å². The van der Waals surface area contributed by atoms with E-state index in [0.29, 0.717) is 44.3 Å². The highest BCUT2D eigenvalue weighted by molar-refractivity contribution is 7.99. The lowest BCUT2D eigenvalue weighted by molar-refractivity contribution is -0.0269. The van der Waals surface area contributed by atoms with Crippen LogP contribution in [-0.4, -0.2) is 46.9 Å². The first kappa shape index (κ1) is 21.1. The number of aliphatic hydroxyl groups is 1. The standard InChI is InChI=1S/C23H26F2N2O2S/c24-21(25)6-3-11-23(29)12-14-26(15-13-23)22(28)17-7-9-18(10-8-17)27-16-30-20-5-2-1-4-19(20)27/h1-2,4-5,7-10,21,29H,3,6,11-16H2. The topological polar surface area (TPSA) is 43.8 Å². The molecule has 0 saturated carbocycles. The number of hydrogen-bond acceptors (Lipinski definition) is 4. The summed E-state index contributed by atoms with van der Waals surface area (Å²) in [5.41, 5.74) is 1.93. The molecule has 2 aliphatic rings. The van der Waals surface area contributed by atoms with Gasteiger partial charge in [-0.25, -0.2) is 8.78 Å². The summed E-state index contributed by atoms with van der Waals surface area (Å²) in [6.45, 7) is 0.893. The normalized spacial score (nSPS) is 18.0. The van der Waals surface area contributed by atoms with Gasteiger partial charge in [-0.05, 0) is 62.1 Å². The van der Waals surface area contributed by atoms with Crippen LogP contribution in [0.5, 0.6) is 0 Å². The van der Waals surface area contributed by atoms with Gasteiger partial charge in [-0.3, -0.25) is 4.79 Å². The number of anilines is 2. The largest absolute Gasteiger partial charge is 0.390 e. The zero-order valence-electron chi connectivity index (χ0n) is 16.8. The average molecular weight is 433 g/mol. The Kier molecular flexibility index (Phi) is 6.29. The molecule has 0 radical (unpaired) electrons.